The predicted molar refractivity (Wildman–Crippen MR) is 76.0 cm³/mol. The Morgan fingerprint density at radius 3 is 2.75 bits per heavy atom. The van der Waals surface area contributed by atoms with Crippen molar-refractivity contribution in [2.45, 2.75) is 39.7 Å². The van der Waals surface area contributed by atoms with Gasteiger partial charge in [-0.3, -0.25) is 0 Å². The molecule has 0 bridgehead atoms. The summed E-state index contributed by atoms with van der Waals surface area (Å²) in [4.78, 5) is 14.0. The zero-order valence-electron chi connectivity index (χ0n) is 12.9. The van der Waals surface area contributed by atoms with Crippen LogP contribution in [0.25, 0.3) is 0 Å². The second-order valence-corrected chi connectivity index (χ2v) is 7.13. The molecule has 0 saturated carbocycles. The third-order valence-corrected chi connectivity index (χ3v) is 4.61. The lowest BCUT2D eigenvalue weighted by Gasteiger charge is -2.43. The van der Waals surface area contributed by atoms with Crippen molar-refractivity contribution in [1.82, 2.24) is 10.2 Å². The van der Waals surface area contributed by atoms with E-state index in [1.54, 1.807) is 4.90 Å². The topological polar surface area (TPSA) is 65.4 Å². The maximum absolute atomic E-state index is 12.2. The van der Waals surface area contributed by atoms with Gasteiger partial charge in [0.05, 0.1) is 12.0 Å². The lowest BCUT2D eigenvalue weighted by molar-refractivity contribution is 0.0212. The number of nitrogens with one attached hydrogen (secondary N) is 1. The normalized spacial score (nSPS) is 34.0. The molecule has 2 saturated heterocycles. The number of piperidine rings is 1. The highest BCUT2D eigenvalue weighted by Gasteiger charge is 2.51. The minimum absolute atomic E-state index is 0.0290. The van der Waals surface area contributed by atoms with Gasteiger partial charge in [0.15, 0.2) is 0 Å². The lowest BCUT2D eigenvalue weighted by Crippen LogP contribution is -2.52. The highest BCUT2D eigenvalue weighted by molar-refractivity contribution is 5.68. The molecule has 0 aliphatic carbocycles. The van der Waals surface area contributed by atoms with E-state index in [9.17, 15) is 10.1 Å². The Balaban J connectivity index is 2.10. The van der Waals surface area contributed by atoms with Gasteiger partial charge in [-0.25, -0.2) is 4.79 Å². The van der Waals surface area contributed by atoms with Crippen molar-refractivity contribution in [3.8, 4) is 6.07 Å². The van der Waals surface area contributed by atoms with Gasteiger partial charge >= 0.3 is 6.09 Å². The molecule has 20 heavy (non-hydrogen) atoms. The number of carbonyl (C=O) groups excluding carboxylic acids is 1. The Bertz CT molecular complexity index is 424. The maximum atomic E-state index is 12.2. The number of nitrogens with zero attached hydrogens (tertiary/aromatic N) is 2. The number of hydrogen-bond donors (Lipinski definition) is 1. The molecule has 1 N–H and O–H groups in total. The van der Waals surface area contributed by atoms with E-state index in [2.05, 4.69) is 18.3 Å². The molecule has 3 atom stereocenters. The molecular formula is C15H25N3O2. The molecule has 0 aromatic heterocycles. The predicted octanol–water partition coefficient (Wildman–Crippen LogP) is 1.99. The van der Waals surface area contributed by atoms with Gasteiger partial charge in [0.25, 0.3) is 0 Å². The minimum Gasteiger partial charge on any atom is -0.444 e. The fourth-order valence-corrected chi connectivity index (χ4v) is 3.39. The Kier molecular flexibility index (Phi) is 3.97. The lowest BCUT2D eigenvalue weighted by atomic mass is 9.65. The van der Waals surface area contributed by atoms with E-state index in [-0.39, 0.29) is 17.4 Å². The van der Waals surface area contributed by atoms with Crippen molar-refractivity contribution in [2.75, 3.05) is 26.2 Å². The van der Waals surface area contributed by atoms with Crippen molar-refractivity contribution < 1.29 is 9.53 Å². The number of hydrogen-bond acceptors (Lipinski definition) is 4. The van der Waals surface area contributed by atoms with Gasteiger partial charge in [-0.1, -0.05) is 6.92 Å². The van der Waals surface area contributed by atoms with E-state index in [1.807, 2.05) is 20.8 Å². The molecule has 5 nitrogen and oxygen atoms in total. The van der Waals surface area contributed by atoms with Crippen LogP contribution >= 0.6 is 0 Å². The van der Waals surface area contributed by atoms with Gasteiger partial charge in [-0.15, -0.1) is 0 Å². The van der Waals surface area contributed by atoms with E-state index in [4.69, 9.17) is 4.74 Å². The van der Waals surface area contributed by atoms with Crippen molar-refractivity contribution in [3.05, 3.63) is 0 Å². The van der Waals surface area contributed by atoms with Gasteiger partial charge in [0, 0.05) is 25.0 Å². The number of nitriles is 1. The van der Waals surface area contributed by atoms with Crippen LogP contribution < -0.4 is 5.32 Å². The molecule has 0 aromatic rings. The monoisotopic (exact) mass is 279 g/mol. The molecule has 2 heterocycles. The Morgan fingerprint density at radius 1 is 1.45 bits per heavy atom. The smallest absolute Gasteiger partial charge is 0.410 e. The minimum atomic E-state index is -0.471. The average Bonchev–Trinajstić information content (AvgIpc) is 2.77. The van der Waals surface area contributed by atoms with Crippen LogP contribution in [0, 0.1) is 28.6 Å². The zero-order chi connectivity index (χ0) is 15.0. The number of rotatable bonds is 0. The summed E-state index contributed by atoms with van der Waals surface area (Å²) >= 11 is 0. The van der Waals surface area contributed by atoms with Crippen LogP contribution in [0.1, 0.15) is 34.1 Å². The first-order chi connectivity index (χ1) is 9.28. The molecule has 2 fully saturated rings. The molecule has 112 valence electrons. The SMILES string of the molecule is CC1CNCC(C#N)C12CCN(C(=O)OC(C)(C)C)C2. The van der Waals surface area contributed by atoms with Crippen LogP contribution in [0.2, 0.25) is 0 Å². The van der Waals surface area contributed by atoms with Gasteiger partial charge in [0.2, 0.25) is 0 Å². The number of carbonyl (C=O) groups is 1. The van der Waals surface area contributed by atoms with Crippen molar-refractivity contribution >= 4 is 6.09 Å². The molecule has 1 spiro atoms. The average molecular weight is 279 g/mol. The molecular weight excluding hydrogens is 254 g/mol. The summed E-state index contributed by atoms with van der Waals surface area (Å²) in [5.74, 6) is 0.368. The summed E-state index contributed by atoms with van der Waals surface area (Å²) < 4.78 is 5.45. The van der Waals surface area contributed by atoms with Crippen LogP contribution in [0.15, 0.2) is 0 Å². The van der Waals surface area contributed by atoms with Crippen molar-refractivity contribution in [1.29, 1.82) is 5.26 Å². The van der Waals surface area contributed by atoms with Crippen molar-refractivity contribution in [2.24, 2.45) is 17.3 Å². The molecule has 1 amide bonds. The first kappa shape index (κ1) is 15.1. The van der Waals surface area contributed by atoms with E-state index >= 15 is 0 Å². The fourth-order valence-electron chi connectivity index (χ4n) is 3.39. The van der Waals surface area contributed by atoms with Gasteiger partial charge in [-0.2, -0.15) is 5.26 Å². The highest BCUT2D eigenvalue weighted by atomic mass is 16.6. The van der Waals surface area contributed by atoms with Crippen LogP contribution in [-0.2, 0) is 4.74 Å². The molecule has 0 radical (unpaired) electrons. The van der Waals surface area contributed by atoms with Crippen LogP contribution in [0.5, 0.6) is 0 Å². The quantitative estimate of drug-likeness (QED) is 0.736. The first-order valence-electron chi connectivity index (χ1n) is 7.37. The number of ether oxygens (including phenoxy) is 1. The second-order valence-electron chi connectivity index (χ2n) is 7.13. The largest absolute Gasteiger partial charge is 0.444 e. The standard InChI is InChI=1S/C15H25N3O2/c1-11-8-17-9-12(7-16)15(11)5-6-18(10-15)13(19)20-14(2,3)4/h11-12,17H,5-6,8-10H2,1-4H3. The molecule has 5 heteroatoms. The first-order valence-corrected chi connectivity index (χ1v) is 7.37. The molecule has 2 rings (SSSR count). The summed E-state index contributed by atoms with van der Waals surface area (Å²) in [6.45, 7) is 10.8. The Labute approximate surface area is 121 Å². The van der Waals surface area contributed by atoms with Crippen LogP contribution in [-0.4, -0.2) is 42.8 Å². The third-order valence-electron chi connectivity index (χ3n) is 4.61. The summed E-state index contributed by atoms with van der Waals surface area (Å²) in [7, 11) is 0. The molecule has 2 aliphatic heterocycles. The van der Waals surface area contributed by atoms with E-state index in [0.717, 1.165) is 19.5 Å². The summed E-state index contributed by atoms with van der Waals surface area (Å²) in [5.41, 5.74) is -0.544. The number of amides is 1. The third kappa shape index (κ3) is 2.76. The maximum Gasteiger partial charge on any atom is 0.410 e. The molecule has 0 aromatic carbocycles. The van der Waals surface area contributed by atoms with Gasteiger partial charge in [-0.05, 0) is 39.7 Å². The van der Waals surface area contributed by atoms with Crippen molar-refractivity contribution in [3.63, 3.8) is 0 Å². The highest BCUT2D eigenvalue weighted by Crippen LogP contribution is 2.46. The summed E-state index contributed by atoms with van der Waals surface area (Å²) in [5, 5.41) is 12.7. The van der Waals surface area contributed by atoms with Gasteiger partial charge < -0.3 is 15.0 Å². The van der Waals surface area contributed by atoms with E-state index in [1.165, 1.54) is 0 Å². The summed E-state index contributed by atoms with van der Waals surface area (Å²) in [6, 6.07) is 2.43. The zero-order valence-corrected chi connectivity index (χ0v) is 12.9. The van der Waals surface area contributed by atoms with Crippen LogP contribution in [0.3, 0.4) is 0 Å². The Hall–Kier alpha value is -1.28. The summed E-state index contributed by atoms with van der Waals surface area (Å²) in [6.07, 6.45) is 0.643. The Morgan fingerprint density at radius 2 is 2.15 bits per heavy atom. The van der Waals surface area contributed by atoms with Crippen LogP contribution in [0.4, 0.5) is 4.79 Å². The molecule has 3 unspecified atom stereocenters. The van der Waals surface area contributed by atoms with E-state index in [0.29, 0.717) is 19.0 Å². The van der Waals surface area contributed by atoms with E-state index < -0.39 is 5.60 Å². The second kappa shape index (κ2) is 5.25. The fraction of sp³-hybridized carbons (Fsp3) is 0.867. The van der Waals surface area contributed by atoms with Gasteiger partial charge in [0.1, 0.15) is 5.60 Å². The molecule has 2 aliphatic rings. The number of likely N-dealkylation sites (tertiary alicyclic amines) is 1.